The fourth-order valence-corrected chi connectivity index (χ4v) is 7.07. The van der Waals surface area contributed by atoms with Crippen LogP contribution in [0.25, 0.3) is 0 Å². The molecular weight excluding hydrogens is 534 g/mol. The van der Waals surface area contributed by atoms with Crippen LogP contribution >= 0.6 is 0 Å². The number of carbonyl (C=O) groups is 3. The number of hydrogen-bond donors (Lipinski definition) is 1. The Balaban J connectivity index is 1.68. The Hall–Kier alpha value is -3.17. The standard InChI is InChI=1S/C33H47N3O6/c1-6-19-34(23(4)5)32(40)29-33-18-17-26(42-33)27(28(33)31(39)36(29)21-11-9-10-12-22-37)30(38)35(20-7-2)24-13-15-25(16-14-24)41-8-3/h6-7,13-16,23,26-29,37H,1-2,8-12,17-22H2,3-5H3/t26-,27+,28-,29?,33?/m0/s1. The fraction of sp³-hybridized carbons (Fsp3) is 0.606. The number of aliphatic hydroxyl groups excluding tert-OH is 1. The second kappa shape index (κ2) is 13.9. The highest BCUT2D eigenvalue weighted by Crippen LogP contribution is 2.59. The minimum absolute atomic E-state index is 0.0915. The van der Waals surface area contributed by atoms with Gasteiger partial charge in [0.2, 0.25) is 17.7 Å². The first-order valence-electron chi connectivity index (χ1n) is 15.4. The predicted molar refractivity (Wildman–Crippen MR) is 162 cm³/mol. The number of hydrogen-bond acceptors (Lipinski definition) is 6. The molecule has 1 N–H and O–H groups in total. The van der Waals surface area contributed by atoms with Gasteiger partial charge in [0.15, 0.2) is 0 Å². The maximum absolute atomic E-state index is 14.3. The maximum Gasteiger partial charge on any atom is 0.248 e. The van der Waals surface area contributed by atoms with Crippen molar-refractivity contribution in [1.29, 1.82) is 0 Å². The van der Waals surface area contributed by atoms with Crippen molar-refractivity contribution >= 4 is 23.4 Å². The largest absolute Gasteiger partial charge is 0.494 e. The van der Waals surface area contributed by atoms with Gasteiger partial charge in [-0.2, -0.15) is 0 Å². The monoisotopic (exact) mass is 581 g/mol. The number of aliphatic hydroxyl groups is 1. The minimum Gasteiger partial charge on any atom is -0.494 e. The van der Waals surface area contributed by atoms with Crippen molar-refractivity contribution in [3.05, 3.63) is 49.6 Å². The number of unbranched alkanes of at least 4 members (excludes halogenated alkanes) is 3. The number of amides is 3. The quantitative estimate of drug-likeness (QED) is 0.234. The Bertz CT molecular complexity index is 1140. The van der Waals surface area contributed by atoms with Crippen molar-refractivity contribution in [2.75, 3.05) is 37.7 Å². The van der Waals surface area contributed by atoms with E-state index in [2.05, 4.69) is 13.2 Å². The number of likely N-dealkylation sites (tertiary alicyclic amines) is 1. The van der Waals surface area contributed by atoms with Crippen LogP contribution in [-0.4, -0.2) is 89.3 Å². The molecule has 9 nitrogen and oxygen atoms in total. The van der Waals surface area contributed by atoms with Crippen LogP contribution < -0.4 is 9.64 Å². The third-order valence-corrected chi connectivity index (χ3v) is 8.90. The van der Waals surface area contributed by atoms with Gasteiger partial charge in [-0.1, -0.05) is 25.0 Å². The highest BCUT2D eigenvalue weighted by Gasteiger charge is 2.74. The Morgan fingerprint density at radius 2 is 1.81 bits per heavy atom. The first kappa shape index (κ1) is 31.8. The van der Waals surface area contributed by atoms with E-state index in [-0.39, 0.29) is 36.9 Å². The molecule has 4 rings (SSSR count). The molecule has 0 saturated carbocycles. The molecule has 3 amide bonds. The molecule has 0 aromatic heterocycles. The topological polar surface area (TPSA) is 99.6 Å². The van der Waals surface area contributed by atoms with E-state index in [9.17, 15) is 19.5 Å². The van der Waals surface area contributed by atoms with E-state index in [0.717, 1.165) is 12.8 Å². The van der Waals surface area contributed by atoms with Gasteiger partial charge in [0, 0.05) is 38.0 Å². The van der Waals surface area contributed by atoms with Crippen LogP contribution in [0, 0.1) is 11.8 Å². The summed E-state index contributed by atoms with van der Waals surface area (Å²) in [6.07, 6.45) is 7.20. The van der Waals surface area contributed by atoms with Crippen molar-refractivity contribution in [1.82, 2.24) is 9.80 Å². The molecule has 5 atom stereocenters. The van der Waals surface area contributed by atoms with Gasteiger partial charge in [0.05, 0.1) is 24.5 Å². The van der Waals surface area contributed by atoms with Crippen LogP contribution in [0.5, 0.6) is 5.75 Å². The average molecular weight is 582 g/mol. The number of fused-ring (bicyclic) bond motifs is 1. The second-order valence-corrected chi connectivity index (χ2v) is 11.8. The molecule has 1 aromatic carbocycles. The Morgan fingerprint density at radius 3 is 2.43 bits per heavy atom. The summed E-state index contributed by atoms with van der Waals surface area (Å²) in [4.78, 5) is 48.0. The van der Waals surface area contributed by atoms with Crippen molar-refractivity contribution < 1.29 is 29.0 Å². The van der Waals surface area contributed by atoms with Crippen LogP contribution in [0.2, 0.25) is 0 Å². The molecule has 2 unspecified atom stereocenters. The molecule has 230 valence electrons. The average Bonchev–Trinajstić information content (AvgIpc) is 3.62. The highest BCUT2D eigenvalue weighted by molar-refractivity contribution is 6.03. The molecule has 42 heavy (non-hydrogen) atoms. The van der Waals surface area contributed by atoms with Crippen LogP contribution in [0.3, 0.4) is 0 Å². The third kappa shape index (κ3) is 5.86. The summed E-state index contributed by atoms with van der Waals surface area (Å²) in [6, 6.07) is 6.45. The third-order valence-electron chi connectivity index (χ3n) is 8.90. The maximum atomic E-state index is 14.3. The number of carbonyl (C=O) groups excluding carboxylic acids is 3. The lowest BCUT2D eigenvalue weighted by Crippen LogP contribution is -2.57. The van der Waals surface area contributed by atoms with Crippen molar-refractivity contribution in [3.63, 3.8) is 0 Å². The predicted octanol–water partition coefficient (Wildman–Crippen LogP) is 3.95. The molecule has 3 heterocycles. The van der Waals surface area contributed by atoms with Gasteiger partial charge in [-0.25, -0.2) is 0 Å². The van der Waals surface area contributed by atoms with Gasteiger partial charge in [-0.3, -0.25) is 14.4 Å². The van der Waals surface area contributed by atoms with Crippen LogP contribution in [0.1, 0.15) is 59.3 Å². The number of nitrogens with zero attached hydrogens (tertiary/aromatic N) is 3. The van der Waals surface area contributed by atoms with Gasteiger partial charge in [-0.05, 0) is 70.7 Å². The lowest BCUT2D eigenvalue weighted by atomic mass is 9.70. The van der Waals surface area contributed by atoms with Gasteiger partial charge in [0.1, 0.15) is 17.4 Å². The van der Waals surface area contributed by atoms with Crippen LogP contribution in [0.4, 0.5) is 5.69 Å². The molecular formula is C33H47N3O6. The van der Waals surface area contributed by atoms with E-state index in [1.54, 1.807) is 26.9 Å². The SMILES string of the molecule is C=CCN(C(=O)[C@@H]1[C@@H]2CCC3(O2)C(C(=O)N(CC=C)C(C)C)N(CCCCCCO)C(=O)[C@H]13)c1ccc(OCC)cc1. The fourth-order valence-electron chi connectivity index (χ4n) is 7.07. The van der Waals surface area contributed by atoms with E-state index < -0.39 is 29.6 Å². The highest BCUT2D eigenvalue weighted by atomic mass is 16.5. The summed E-state index contributed by atoms with van der Waals surface area (Å²) in [5.41, 5.74) is -0.354. The Labute approximate surface area is 250 Å². The molecule has 1 spiro atoms. The number of anilines is 1. The van der Waals surface area contributed by atoms with E-state index in [4.69, 9.17) is 9.47 Å². The number of ether oxygens (including phenoxy) is 2. The van der Waals surface area contributed by atoms with Crippen LogP contribution in [-0.2, 0) is 19.1 Å². The summed E-state index contributed by atoms with van der Waals surface area (Å²) in [5.74, 6) is -1.23. The summed E-state index contributed by atoms with van der Waals surface area (Å²) < 4.78 is 12.2. The molecule has 0 radical (unpaired) electrons. The summed E-state index contributed by atoms with van der Waals surface area (Å²) in [5, 5.41) is 9.17. The molecule has 3 fully saturated rings. The van der Waals surface area contributed by atoms with E-state index >= 15 is 0 Å². The minimum atomic E-state index is -1.04. The second-order valence-electron chi connectivity index (χ2n) is 11.8. The normalized spacial score (nSPS) is 25.9. The summed E-state index contributed by atoms with van der Waals surface area (Å²) in [6.45, 7) is 15.3. The van der Waals surface area contributed by atoms with E-state index in [1.165, 1.54) is 0 Å². The first-order valence-corrected chi connectivity index (χ1v) is 15.4. The number of benzene rings is 1. The smallest absolute Gasteiger partial charge is 0.248 e. The van der Waals surface area contributed by atoms with E-state index in [0.29, 0.717) is 56.8 Å². The van der Waals surface area contributed by atoms with Crippen LogP contribution in [0.15, 0.2) is 49.6 Å². The number of rotatable bonds is 16. The molecule has 9 heteroatoms. The summed E-state index contributed by atoms with van der Waals surface area (Å²) in [7, 11) is 0. The van der Waals surface area contributed by atoms with E-state index in [1.807, 2.05) is 45.0 Å². The summed E-state index contributed by atoms with van der Waals surface area (Å²) >= 11 is 0. The molecule has 2 bridgehead atoms. The molecule has 3 aliphatic heterocycles. The zero-order valence-electron chi connectivity index (χ0n) is 25.4. The molecule has 3 saturated heterocycles. The van der Waals surface area contributed by atoms with Gasteiger partial charge < -0.3 is 29.3 Å². The molecule has 1 aromatic rings. The first-order chi connectivity index (χ1) is 20.2. The molecule has 3 aliphatic rings. The Morgan fingerprint density at radius 1 is 1.12 bits per heavy atom. The van der Waals surface area contributed by atoms with Gasteiger partial charge in [0.25, 0.3) is 0 Å². The lowest BCUT2D eigenvalue weighted by Gasteiger charge is -2.38. The molecule has 0 aliphatic carbocycles. The van der Waals surface area contributed by atoms with Crippen molar-refractivity contribution in [2.45, 2.75) is 83.1 Å². The van der Waals surface area contributed by atoms with Crippen molar-refractivity contribution in [3.8, 4) is 5.75 Å². The zero-order valence-corrected chi connectivity index (χ0v) is 25.4. The Kier molecular flexibility index (Phi) is 10.5. The lowest BCUT2D eigenvalue weighted by molar-refractivity contribution is -0.149. The van der Waals surface area contributed by atoms with Crippen molar-refractivity contribution in [2.24, 2.45) is 11.8 Å². The van der Waals surface area contributed by atoms with Gasteiger partial charge in [-0.15, -0.1) is 13.2 Å². The zero-order chi connectivity index (χ0) is 30.4. The van der Waals surface area contributed by atoms with Gasteiger partial charge >= 0.3 is 0 Å².